The highest BCUT2D eigenvalue weighted by atomic mass is 35.5. The van der Waals surface area contributed by atoms with Crippen LogP contribution in [0, 0.1) is 0 Å². The molecular formula is C15H23ClFN3O2. The number of rotatable bonds is 7. The molecule has 0 saturated carbocycles. The van der Waals surface area contributed by atoms with Crippen LogP contribution in [0.4, 0.5) is 14.9 Å². The zero-order valence-electron chi connectivity index (χ0n) is 12.8. The van der Waals surface area contributed by atoms with E-state index >= 15 is 0 Å². The Morgan fingerprint density at radius 1 is 1.32 bits per heavy atom. The summed E-state index contributed by atoms with van der Waals surface area (Å²) in [6.07, 6.45) is 0.457. The zero-order chi connectivity index (χ0) is 15.7. The summed E-state index contributed by atoms with van der Waals surface area (Å²) in [6.45, 7) is 5.38. The molecule has 0 saturated heterocycles. The second-order valence-corrected chi connectivity index (χ2v) is 4.39. The Morgan fingerprint density at radius 3 is 2.36 bits per heavy atom. The molecule has 2 amide bonds. The molecule has 5 nitrogen and oxygen atoms in total. The minimum atomic E-state index is -0.139. The van der Waals surface area contributed by atoms with Crippen molar-refractivity contribution < 1.29 is 13.9 Å². The van der Waals surface area contributed by atoms with E-state index in [2.05, 4.69) is 5.32 Å². The predicted molar refractivity (Wildman–Crippen MR) is 89.4 cm³/mol. The highest BCUT2D eigenvalue weighted by Crippen LogP contribution is 2.16. The molecule has 3 N–H and O–H groups in total. The van der Waals surface area contributed by atoms with E-state index in [0.29, 0.717) is 36.4 Å². The Hall–Kier alpha value is -1.79. The van der Waals surface area contributed by atoms with Gasteiger partial charge in [0.2, 0.25) is 0 Å². The third kappa shape index (κ3) is 6.32. The molecule has 0 heterocycles. The lowest BCUT2D eigenvalue weighted by Gasteiger charge is -2.19. The lowest BCUT2D eigenvalue weighted by molar-refractivity contribution is 0.217. The number of halogens is 2. The van der Waals surface area contributed by atoms with Crippen LogP contribution in [0.3, 0.4) is 0 Å². The van der Waals surface area contributed by atoms with E-state index in [0.717, 1.165) is 0 Å². The van der Waals surface area contributed by atoms with Crippen LogP contribution >= 0.6 is 12.4 Å². The first-order valence-electron chi connectivity index (χ1n) is 6.91. The summed E-state index contributed by atoms with van der Waals surface area (Å²) < 4.78 is 17.7. The fourth-order valence-electron chi connectivity index (χ4n) is 1.66. The van der Waals surface area contributed by atoms with Crippen molar-refractivity contribution >= 4 is 24.1 Å². The first kappa shape index (κ1) is 20.2. The SMILES string of the molecule is CCN(CC)C(=O)Nc1ccc(OC/C(=C/F)CN)cc1.Cl. The van der Waals surface area contributed by atoms with Crippen LogP contribution < -0.4 is 15.8 Å². The van der Waals surface area contributed by atoms with E-state index in [4.69, 9.17) is 10.5 Å². The maximum Gasteiger partial charge on any atom is 0.321 e. The summed E-state index contributed by atoms with van der Waals surface area (Å²) >= 11 is 0. The minimum Gasteiger partial charge on any atom is -0.489 e. The van der Waals surface area contributed by atoms with Gasteiger partial charge in [0, 0.05) is 30.9 Å². The van der Waals surface area contributed by atoms with Crippen LogP contribution in [0.25, 0.3) is 0 Å². The van der Waals surface area contributed by atoms with E-state index in [1.54, 1.807) is 29.2 Å². The van der Waals surface area contributed by atoms with Crippen LogP contribution in [0.1, 0.15) is 13.8 Å². The molecule has 0 fully saturated rings. The lowest BCUT2D eigenvalue weighted by Crippen LogP contribution is -2.34. The molecule has 124 valence electrons. The third-order valence-electron chi connectivity index (χ3n) is 3.00. The molecule has 0 unspecified atom stereocenters. The first-order chi connectivity index (χ1) is 10.1. The molecule has 0 aliphatic rings. The van der Waals surface area contributed by atoms with Crippen LogP contribution in [0.5, 0.6) is 5.75 Å². The molecule has 0 aromatic heterocycles. The molecule has 7 heteroatoms. The van der Waals surface area contributed by atoms with Gasteiger partial charge in [-0.3, -0.25) is 0 Å². The zero-order valence-corrected chi connectivity index (χ0v) is 13.7. The van der Waals surface area contributed by atoms with Crippen molar-refractivity contribution in [1.82, 2.24) is 4.90 Å². The van der Waals surface area contributed by atoms with Gasteiger partial charge < -0.3 is 20.7 Å². The maximum atomic E-state index is 12.3. The molecule has 0 radical (unpaired) electrons. The Balaban J connectivity index is 0.00000441. The average molecular weight is 332 g/mol. The number of nitrogens with zero attached hydrogens (tertiary/aromatic N) is 1. The second-order valence-electron chi connectivity index (χ2n) is 4.39. The number of benzene rings is 1. The number of ether oxygens (including phenoxy) is 1. The van der Waals surface area contributed by atoms with Crippen molar-refractivity contribution in [3.05, 3.63) is 36.2 Å². The van der Waals surface area contributed by atoms with Crippen LogP contribution in [0.15, 0.2) is 36.2 Å². The molecule has 0 bridgehead atoms. The van der Waals surface area contributed by atoms with Gasteiger partial charge in [0.15, 0.2) is 0 Å². The number of hydrogen-bond acceptors (Lipinski definition) is 3. The largest absolute Gasteiger partial charge is 0.489 e. The van der Waals surface area contributed by atoms with Crippen molar-refractivity contribution in [1.29, 1.82) is 0 Å². The van der Waals surface area contributed by atoms with Crippen LogP contribution in [-0.4, -0.2) is 37.2 Å². The van der Waals surface area contributed by atoms with Gasteiger partial charge in [0.1, 0.15) is 12.4 Å². The smallest absolute Gasteiger partial charge is 0.321 e. The third-order valence-corrected chi connectivity index (χ3v) is 3.00. The van der Waals surface area contributed by atoms with E-state index < -0.39 is 0 Å². The molecule has 0 aliphatic heterocycles. The maximum absolute atomic E-state index is 12.3. The van der Waals surface area contributed by atoms with Crippen molar-refractivity contribution in [3.63, 3.8) is 0 Å². The number of nitrogens with one attached hydrogen (secondary N) is 1. The molecule has 1 rings (SSSR count). The van der Waals surface area contributed by atoms with Gasteiger partial charge in [0.25, 0.3) is 0 Å². The van der Waals surface area contributed by atoms with Gasteiger partial charge in [-0.25, -0.2) is 9.18 Å². The summed E-state index contributed by atoms with van der Waals surface area (Å²) in [5.41, 5.74) is 6.40. The molecule has 1 aromatic rings. The van der Waals surface area contributed by atoms with Crippen molar-refractivity contribution in [2.24, 2.45) is 5.73 Å². The fourth-order valence-corrected chi connectivity index (χ4v) is 1.66. The predicted octanol–water partition coefficient (Wildman–Crippen LogP) is 3.17. The highest BCUT2D eigenvalue weighted by Gasteiger charge is 2.09. The van der Waals surface area contributed by atoms with Crippen LogP contribution in [-0.2, 0) is 0 Å². The quantitative estimate of drug-likeness (QED) is 0.806. The standard InChI is InChI=1S/C15H22FN3O2.ClH/c1-3-19(4-2)15(20)18-13-5-7-14(8-6-13)21-11-12(9-16)10-17;/h5-9H,3-4,10-11,17H2,1-2H3,(H,18,20);1H/b12-9+;. The minimum absolute atomic E-state index is 0. The van der Waals surface area contributed by atoms with Crippen molar-refractivity contribution in [2.45, 2.75) is 13.8 Å². The van der Waals surface area contributed by atoms with Gasteiger partial charge in [-0.1, -0.05) is 0 Å². The normalized spacial score (nSPS) is 10.6. The van der Waals surface area contributed by atoms with E-state index in [-0.39, 0.29) is 31.6 Å². The first-order valence-corrected chi connectivity index (χ1v) is 6.91. The second kappa shape index (κ2) is 10.9. The number of nitrogens with two attached hydrogens (primary N) is 1. The molecular weight excluding hydrogens is 309 g/mol. The van der Waals surface area contributed by atoms with Gasteiger partial charge >= 0.3 is 6.03 Å². The molecule has 22 heavy (non-hydrogen) atoms. The Labute approximate surface area is 136 Å². The van der Waals surface area contributed by atoms with Crippen molar-refractivity contribution in [2.75, 3.05) is 31.6 Å². The number of carbonyl (C=O) groups excluding carboxylic acids is 1. The Bertz CT molecular complexity index is 476. The molecule has 0 aliphatic carbocycles. The summed E-state index contributed by atoms with van der Waals surface area (Å²) in [5, 5.41) is 2.80. The Morgan fingerprint density at radius 2 is 1.91 bits per heavy atom. The number of hydrogen-bond donors (Lipinski definition) is 2. The van der Waals surface area contributed by atoms with Gasteiger partial charge in [-0.15, -0.1) is 12.4 Å². The van der Waals surface area contributed by atoms with Gasteiger partial charge in [0.05, 0.1) is 6.33 Å². The summed E-state index contributed by atoms with van der Waals surface area (Å²) in [7, 11) is 0. The monoisotopic (exact) mass is 331 g/mol. The highest BCUT2D eigenvalue weighted by molar-refractivity contribution is 5.89. The summed E-state index contributed by atoms with van der Waals surface area (Å²) in [5.74, 6) is 0.587. The van der Waals surface area contributed by atoms with Gasteiger partial charge in [-0.2, -0.15) is 0 Å². The lowest BCUT2D eigenvalue weighted by atomic mass is 10.3. The molecule has 0 atom stereocenters. The van der Waals surface area contributed by atoms with Crippen LogP contribution in [0.2, 0.25) is 0 Å². The topological polar surface area (TPSA) is 67.6 Å². The molecule has 0 spiro atoms. The van der Waals surface area contributed by atoms with E-state index in [1.807, 2.05) is 13.8 Å². The number of urea groups is 1. The number of carbonyl (C=O) groups is 1. The summed E-state index contributed by atoms with van der Waals surface area (Å²) in [6, 6.07) is 6.75. The number of anilines is 1. The fraction of sp³-hybridized carbons (Fsp3) is 0.400. The van der Waals surface area contributed by atoms with Crippen molar-refractivity contribution in [3.8, 4) is 5.75 Å². The average Bonchev–Trinajstić information content (AvgIpc) is 2.51. The molecule has 1 aromatic carbocycles. The Kier molecular flexibility index (Phi) is 9.98. The summed E-state index contributed by atoms with van der Waals surface area (Å²) in [4.78, 5) is 13.6. The van der Waals surface area contributed by atoms with Gasteiger partial charge in [-0.05, 0) is 38.1 Å². The van der Waals surface area contributed by atoms with E-state index in [9.17, 15) is 9.18 Å². The number of amides is 2. The van der Waals surface area contributed by atoms with E-state index in [1.165, 1.54) is 0 Å².